The summed E-state index contributed by atoms with van der Waals surface area (Å²) in [6.45, 7) is 14.9. The highest BCUT2D eigenvalue weighted by molar-refractivity contribution is 6.62. The van der Waals surface area contributed by atoms with Crippen LogP contribution in [0.5, 0.6) is 0 Å². The maximum Gasteiger partial charge on any atom is 0.494 e. The molecule has 0 aromatic heterocycles. The van der Waals surface area contributed by atoms with Crippen molar-refractivity contribution in [3.8, 4) is 0 Å². The molecule has 3 nitrogen and oxygen atoms in total. The Morgan fingerprint density at radius 3 is 2.30 bits per heavy atom. The Hall–Kier alpha value is -1.88. The molecule has 2 aromatic carbocycles. The highest BCUT2D eigenvalue weighted by atomic mass is 16.7. The van der Waals surface area contributed by atoms with Gasteiger partial charge >= 0.3 is 7.12 Å². The number of benzene rings is 2. The van der Waals surface area contributed by atoms with Crippen LogP contribution in [0.4, 0.5) is 0 Å². The van der Waals surface area contributed by atoms with Crippen LogP contribution in [0.3, 0.4) is 0 Å². The van der Waals surface area contributed by atoms with E-state index in [1.54, 1.807) is 0 Å². The molecule has 2 heterocycles. The van der Waals surface area contributed by atoms with Gasteiger partial charge in [-0.05, 0) is 75.7 Å². The average molecular weight is 403 g/mol. The van der Waals surface area contributed by atoms with E-state index in [0.29, 0.717) is 6.04 Å². The van der Waals surface area contributed by atoms with E-state index in [0.717, 1.165) is 25.0 Å². The summed E-state index contributed by atoms with van der Waals surface area (Å²) in [7, 11) is -0.308. The summed E-state index contributed by atoms with van der Waals surface area (Å²) in [4.78, 5) is 2.58. The average Bonchev–Trinajstić information content (AvgIpc) is 2.92. The number of nitrogens with zero attached hydrogens (tertiary/aromatic N) is 1. The van der Waals surface area contributed by atoms with Crippen LogP contribution in [0.15, 0.2) is 54.6 Å². The number of aryl methyl sites for hydroxylation is 1. The van der Waals surface area contributed by atoms with Crippen LogP contribution < -0.4 is 5.46 Å². The van der Waals surface area contributed by atoms with Gasteiger partial charge in [0.2, 0.25) is 0 Å². The molecule has 4 heteroatoms. The van der Waals surface area contributed by atoms with Crippen molar-refractivity contribution in [3.05, 3.63) is 71.3 Å². The van der Waals surface area contributed by atoms with Gasteiger partial charge in [-0.1, -0.05) is 54.6 Å². The SMILES string of the molecule is Cc1cc(B2OC(C)(C)C(C)(C)O2)ccc1C1=CCC(C)N(Cc2ccccc2)C1. The second-order valence-electron chi connectivity index (χ2n) is 9.87. The quantitative estimate of drug-likeness (QED) is 0.673. The van der Waals surface area contributed by atoms with Crippen LogP contribution in [0, 0.1) is 6.92 Å². The van der Waals surface area contributed by atoms with E-state index in [4.69, 9.17) is 9.31 Å². The molecule has 2 aromatic rings. The Balaban J connectivity index is 1.52. The lowest BCUT2D eigenvalue weighted by atomic mass is 9.77. The van der Waals surface area contributed by atoms with Crippen molar-refractivity contribution in [2.45, 2.75) is 71.8 Å². The van der Waals surface area contributed by atoms with Crippen LogP contribution >= 0.6 is 0 Å². The van der Waals surface area contributed by atoms with Crippen molar-refractivity contribution in [1.29, 1.82) is 0 Å². The molecule has 0 saturated carbocycles. The van der Waals surface area contributed by atoms with Gasteiger partial charge in [0.15, 0.2) is 0 Å². The van der Waals surface area contributed by atoms with Gasteiger partial charge < -0.3 is 9.31 Å². The zero-order valence-electron chi connectivity index (χ0n) is 19.2. The van der Waals surface area contributed by atoms with E-state index in [1.165, 1.54) is 22.3 Å². The van der Waals surface area contributed by atoms with Crippen LogP contribution in [0.2, 0.25) is 0 Å². The van der Waals surface area contributed by atoms with Gasteiger partial charge in [-0.3, -0.25) is 4.90 Å². The van der Waals surface area contributed by atoms with E-state index >= 15 is 0 Å². The maximum atomic E-state index is 6.24. The molecule has 1 saturated heterocycles. The van der Waals surface area contributed by atoms with Gasteiger partial charge in [0.1, 0.15) is 0 Å². The Kier molecular flexibility index (Phi) is 5.69. The normalized spacial score (nSPS) is 23.5. The molecule has 1 atom stereocenters. The molecule has 0 radical (unpaired) electrons. The largest absolute Gasteiger partial charge is 0.494 e. The summed E-state index contributed by atoms with van der Waals surface area (Å²) in [5.74, 6) is 0. The summed E-state index contributed by atoms with van der Waals surface area (Å²) in [5.41, 5.74) is 5.87. The van der Waals surface area contributed by atoms with Crippen molar-refractivity contribution < 1.29 is 9.31 Å². The number of hydrogen-bond acceptors (Lipinski definition) is 3. The minimum atomic E-state index is -0.315. The zero-order valence-corrected chi connectivity index (χ0v) is 19.2. The molecule has 0 bridgehead atoms. The Bertz CT molecular complexity index is 919. The number of rotatable bonds is 4. The first kappa shape index (κ1) is 21.4. The van der Waals surface area contributed by atoms with Crippen LogP contribution in [-0.2, 0) is 15.9 Å². The molecular formula is C26H34BNO2. The lowest BCUT2D eigenvalue weighted by Crippen LogP contribution is -2.41. The summed E-state index contributed by atoms with van der Waals surface area (Å²) in [6.07, 6.45) is 3.50. The third kappa shape index (κ3) is 4.14. The first-order chi connectivity index (χ1) is 14.2. The van der Waals surface area contributed by atoms with E-state index in [-0.39, 0.29) is 18.3 Å². The van der Waals surface area contributed by atoms with Crippen molar-refractivity contribution in [2.75, 3.05) is 6.54 Å². The molecule has 30 heavy (non-hydrogen) atoms. The Morgan fingerprint density at radius 2 is 1.67 bits per heavy atom. The van der Waals surface area contributed by atoms with E-state index < -0.39 is 0 Å². The highest BCUT2D eigenvalue weighted by Crippen LogP contribution is 2.36. The summed E-state index contributed by atoms with van der Waals surface area (Å²) in [6, 6.07) is 18.0. The van der Waals surface area contributed by atoms with Gasteiger partial charge in [0.05, 0.1) is 11.2 Å². The van der Waals surface area contributed by atoms with Gasteiger partial charge in [0, 0.05) is 19.1 Å². The van der Waals surface area contributed by atoms with E-state index in [2.05, 4.69) is 101 Å². The third-order valence-corrected chi connectivity index (χ3v) is 7.05. The van der Waals surface area contributed by atoms with Crippen LogP contribution in [0.25, 0.3) is 5.57 Å². The second-order valence-corrected chi connectivity index (χ2v) is 9.87. The van der Waals surface area contributed by atoms with Gasteiger partial charge in [-0.2, -0.15) is 0 Å². The van der Waals surface area contributed by atoms with E-state index in [1.807, 2.05) is 0 Å². The van der Waals surface area contributed by atoms with Crippen molar-refractivity contribution in [3.63, 3.8) is 0 Å². The van der Waals surface area contributed by atoms with Gasteiger partial charge in [-0.15, -0.1) is 0 Å². The third-order valence-electron chi connectivity index (χ3n) is 7.05. The fraction of sp³-hybridized carbons (Fsp3) is 0.462. The lowest BCUT2D eigenvalue weighted by molar-refractivity contribution is 0.00578. The predicted molar refractivity (Wildman–Crippen MR) is 126 cm³/mol. The summed E-state index contributed by atoms with van der Waals surface area (Å²) >= 11 is 0. The molecule has 4 rings (SSSR count). The monoisotopic (exact) mass is 403 g/mol. The Morgan fingerprint density at radius 1 is 1.00 bits per heavy atom. The summed E-state index contributed by atoms with van der Waals surface area (Å²) in [5, 5.41) is 0. The van der Waals surface area contributed by atoms with Gasteiger partial charge in [0.25, 0.3) is 0 Å². The summed E-state index contributed by atoms with van der Waals surface area (Å²) < 4.78 is 12.5. The smallest absolute Gasteiger partial charge is 0.399 e. The standard InChI is InChI=1S/C26H34BNO2/c1-19-16-23(27-29-25(3,4)26(5,6)30-27)14-15-24(19)22-13-12-20(2)28(18-22)17-21-10-8-7-9-11-21/h7-11,13-16,20H,12,17-18H2,1-6H3. The molecule has 2 aliphatic rings. The first-order valence-corrected chi connectivity index (χ1v) is 11.1. The van der Waals surface area contributed by atoms with Crippen LogP contribution in [-0.4, -0.2) is 35.8 Å². The number of hydrogen-bond donors (Lipinski definition) is 0. The minimum absolute atomic E-state index is 0.308. The fourth-order valence-corrected chi connectivity index (χ4v) is 4.30. The molecule has 0 spiro atoms. The molecular weight excluding hydrogens is 369 g/mol. The van der Waals surface area contributed by atoms with Crippen molar-refractivity contribution in [1.82, 2.24) is 4.90 Å². The molecule has 0 N–H and O–H groups in total. The van der Waals surface area contributed by atoms with Crippen molar-refractivity contribution >= 4 is 18.2 Å². The maximum absolute atomic E-state index is 6.24. The molecule has 158 valence electrons. The van der Waals surface area contributed by atoms with E-state index in [9.17, 15) is 0 Å². The first-order valence-electron chi connectivity index (χ1n) is 11.1. The van der Waals surface area contributed by atoms with Crippen molar-refractivity contribution in [2.24, 2.45) is 0 Å². The highest BCUT2D eigenvalue weighted by Gasteiger charge is 2.51. The lowest BCUT2D eigenvalue weighted by Gasteiger charge is -2.34. The molecule has 0 amide bonds. The fourth-order valence-electron chi connectivity index (χ4n) is 4.30. The predicted octanol–water partition coefficient (Wildman–Crippen LogP) is 4.97. The molecule has 0 aliphatic carbocycles. The van der Waals surface area contributed by atoms with Crippen LogP contribution in [0.1, 0.15) is 57.7 Å². The molecule has 1 unspecified atom stereocenters. The minimum Gasteiger partial charge on any atom is -0.399 e. The Labute approximate surface area is 182 Å². The second kappa shape index (κ2) is 7.99. The zero-order chi connectivity index (χ0) is 21.5. The topological polar surface area (TPSA) is 21.7 Å². The molecule has 2 aliphatic heterocycles. The molecule has 1 fully saturated rings. The van der Waals surface area contributed by atoms with Gasteiger partial charge in [-0.25, -0.2) is 0 Å².